The van der Waals surface area contributed by atoms with Gasteiger partial charge in [0.15, 0.2) is 17.5 Å². The van der Waals surface area contributed by atoms with Gasteiger partial charge in [0, 0.05) is 46.4 Å². The molecule has 0 unspecified atom stereocenters. The van der Waals surface area contributed by atoms with Crippen LogP contribution in [-0.2, 0) is 0 Å². The summed E-state index contributed by atoms with van der Waals surface area (Å²) in [6, 6.07) is 37.6. The number of nitrogens with zero attached hydrogens (tertiary/aromatic N) is 9. The summed E-state index contributed by atoms with van der Waals surface area (Å²) in [5.74, 6) is 1.40. The van der Waals surface area contributed by atoms with Gasteiger partial charge in [-0.2, -0.15) is 10.5 Å². The molecule has 0 saturated carbocycles. The van der Waals surface area contributed by atoms with E-state index in [9.17, 15) is 10.5 Å². The van der Waals surface area contributed by atoms with E-state index in [4.69, 9.17) is 21.5 Å². The predicted molar refractivity (Wildman–Crippen MR) is 182 cm³/mol. The highest BCUT2D eigenvalue weighted by molar-refractivity contribution is 5.77. The summed E-state index contributed by atoms with van der Waals surface area (Å²) >= 11 is 0. The second-order valence-corrected chi connectivity index (χ2v) is 10.5. The highest BCUT2D eigenvalue weighted by Crippen LogP contribution is 2.32. The highest BCUT2D eigenvalue weighted by atomic mass is 15.0. The van der Waals surface area contributed by atoms with Crippen molar-refractivity contribution in [3.05, 3.63) is 150 Å². The van der Waals surface area contributed by atoms with Crippen molar-refractivity contribution in [1.29, 1.82) is 10.5 Å². The van der Waals surface area contributed by atoms with Crippen molar-refractivity contribution in [3.63, 3.8) is 0 Å². The molecule has 0 aliphatic rings. The van der Waals surface area contributed by atoms with E-state index < -0.39 is 0 Å². The van der Waals surface area contributed by atoms with Crippen LogP contribution in [0.25, 0.3) is 72.8 Å². The van der Waals surface area contributed by atoms with E-state index in [0.29, 0.717) is 51.4 Å². The number of nitriles is 2. The van der Waals surface area contributed by atoms with E-state index in [0.717, 1.165) is 33.4 Å². The highest BCUT2D eigenvalue weighted by Gasteiger charge is 2.15. The van der Waals surface area contributed by atoms with Crippen LogP contribution in [0.1, 0.15) is 11.1 Å². The Kier molecular flexibility index (Phi) is 7.88. The van der Waals surface area contributed by atoms with Crippen LogP contribution < -0.4 is 0 Å². The minimum absolute atomic E-state index is 0.466. The molecule has 7 rings (SSSR count). The van der Waals surface area contributed by atoms with Gasteiger partial charge in [-0.1, -0.05) is 84.9 Å². The number of rotatable bonds is 6. The maximum absolute atomic E-state index is 9.55. The summed E-state index contributed by atoms with van der Waals surface area (Å²) in [6.07, 6.45) is 5.00. The summed E-state index contributed by atoms with van der Waals surface area (Å²) in [7, 11) is 0. The summed E-state index contributed by atoms with van der Waals surface area (Å²) in [6.45, 7) is 7.51. The molecule has 0 amide bonds. The first-order valence-electron chi connectivity index (χ1n) is 14.8. The Morgan fingerprint density at radius 1 is 0.438 bits per heavy atom. The first-order valence-corrected chi connectivity index (χ1v) is 14.8. The zero-order valence-corrected chi connectivity index (χ0v) is 25.1. The smallest absolute Gasteiger partial charge is 0.212 e. The molecule has 4 aromatic heterocycles. The molecular formula is C39H21N9. The van der Waals surface area contributed by atoms with E-state index in [-0.39, 0.29) is 0 Å². The lowest BCUT2D eigenvalue weighted by molar-refractivity contribution is 1.07. The molecule has 0 aliphatic heterocycles. The first kappa shape index (κ1) is 29.3. The number of hydrogen-bond acceptors (Lipinski definition) is 8. The maximum Gasteiger partial charge on any atom is 0.212 e. The van der Waals surface area contributed by atoms with Crippen LogP contribution >= 0.6 is 0 Å². The molecule has 9 heteroatoms. The van der Waals surface area contributed by atoms with Gasteiger partial charge < -0.3 is 0 Å². The molecule has 0 fully saturated rings. The van der Waals surface area contributed by atoms with E-state index >= 15 is 0 Å². The molecule has 7 aromatic rings. The molecule has 4 heterocycles. The minimum Gasteiger partial charge on any atom is -0.268 e. The number of benzene rings is 3. The average Bonchev–Trinajstić information content (AvgIpc) is 3.18. The van der Waals surface area contributed by atoms with E-state index in [1.54, 1.807) is 55.0 Å². The van der Waals surface area contributed by atoms with Crippen molar-refractivity contribution in [1.82, 2.24) is 29.9 Å². The van der Waals surface area contributed by atoms with Gasteiger partial charge in [-0.05, 0) is 29.8 Å². The Morgan fingerprint density at radius 2 is 0.771 bits per heavy atom. The van der Waals surface area contributed by atoms with Gasteiger partial charge in [-0.15, -0.1) is 0 Å². The van der Waals surface area contributed by atoms with Crippen molar-refractivity contribution >= 4 is 5.69 Å². The predicted octanol–water partition coefficient (Wildman–Crippen LogP) is 8.35. The Bertz CT molecular complexity index is 2130. The number of hydrogen-bond donors (Lipinski definition) is 0. The van der Waals surface area contributed by atoms with Crippen LogP contribution in [0.4, 0.5) is 5.69 Å². The maximum atomic E-state index is 9.55. The molecule has 3 aromatic carbocycles. The zero-order valence-electron chi connectivity index (χ0n) is 25.1. The normalized spacial score (nSPS) is 10.4. The molecule has 0 aliphatic carbocycles. The van der Waals surface area contributed by atoms with E-state index in [2.05, 4.69) is 31.9 Å². The quantitative estimate of drug-likeness (QED) is 0.171. The lowest BCUT2D eigenvalue weighted by Crippen LogP contribution is -2.00. The number of aromatic nitrogens is 6. The largest absolute Gasteiger partial charge is 0.268 e. The molecule has 48 heavy (non-hydrogen) atoms. The van der Waals surface area contributed by atoms with Gasteiger partial charge >= 0.3 is 0 Å². The SMILES string of the molecule is [C-]#[N+]c1cccnc1-c1ccc(-c2nc(-c3ccc(-c4ncccc4C#N)cc3)nc(-c3ccc(-c4ncccc4C#N)cc3)n2)cc1. The fraction of sp³-hybridized carbons (Fsp3) is 0. The Morgan fingerprint density at radius 3 is 1.15 bits per heavy atom. The van der Waals surface area contributed by atoms with Crippen LogP contribution in [0.15, 0.2) is 128 Å². The standard InChI is InChI=1S/C39H21N9/c1-42-33-7-4-22-45-36(33)27-12-18-30(19-13-27)39-47-37(28-14-8-25(9-15-28)34-31(23-40)5-2-20-43-34)46-38(48-39)29-16-10-26(11-17-29)35-32(24-41)6-3-21-44-35/h2-22H. The zero-order chi connectivity index (χ0) is 32.9. The fourth-order valence-electron chi connectivity index (χ4n) is 5.26. The second kappa shape index (κ2) is 12.9. The molecule has 0 spiro atoms. The molecular weight excluding hydrogens is 594 g/mol. The van der Waals surface area contributed by atoms with Crippen molar-refractivity contribution in [2.75, 3.05) is 0 Å². The van der Waals surface area contributed by atoms with Crippen molar-refractivity contribution in [3.8, 4) is 80.1 Å². The Balaban J connectivity index is 1.30. The molecule has 0 bridgehead atoms. The van der Waals surface area contributed by atoms with Crippen LogP contribution in [0.2, 0.25) is 0 Å². The molecule has 0 N–H and O–H groups in total. The van der Waals surface area contributed by atoms with Crippen LogP contribution in [0.3, 0.4) is 0 Å². The summed E-state index contributed by atoms with van der Waals surface area (Å²) in [5.41, 5.74) is 7.95. The van der Waals surface area contributed by atoms with E-state index in [1.807, 2.05) is 72.8 Å². The number of pyridine rings is 3. The summed E-state index contributed by atoms with van der Waals surface area (Å²) < 4.78 is 0. The van der Waals surface area contributed by atoms with Gasteiger partial charge in [0.2, 0.25) is 5.69 Å². The average molecular weight is 616 g/mol. The van der Waals surface area contributed by atoms with Crippen LogP contribution in [0, 0.1) is 29.2 Å². The minimum atomic E-state index is 0.466. The lowest BCUT2D eigenvalue weighted by atomic mass is 10.0. The van der Waals surface area contributed by atoms with Crippen LogP contribution in [0.5, 0.6) is 0 Å². The monoisotopic (exact) mass is 615 g/mol. The first-order chi connectivity index (χ1) is 23.6. The van der Waals surface area contributed by atoms with Gasteiger partial charge in [-0.3, -0.25) is 15.0 Å². The third-order valence-electron chi connectivity index (χ3n) is 7.65. The third kappa shape index (κ3) is 5.73. The molecule has 0 radical (unpaired) electrons. The van der Waals surface area contributed by atoms with Gasteiger partial charge in [-0.25, -0.2) is 19.8 Å². The van der Waals surface area contributed by atoms with Crippen molar-refractivity contribution in [2.45, 2.75) is 0 Å². The van der Waals surface area contributed by atoms with Crippen LogP contribution in [-0.4, -0.2) is 29.9 Å². The third-order valence-corrected chi connectivity index (χ3v) is 7.65. The molecule has 9 nitrogen and oxygen atoms in total. The lowest BCUT2D eigenvalue weighted by Gasteiger charge is -2.10. The molecule has 0 atom stereocenters. The topological polar surface area (TPSA) is 129 Å². The second-order valence-electron chi connectivity index (χ2n) is 10.5. The van der Waals surface area contributed by atoms with Crippen molar-refractivity contribution < 1.29 is 0 Å². The Hall–Kier alpha value is -7.41. The Labute approximate surface area is 276 Å². The molecule has 222 valence electrons. The van der Waals surface area contributed by atoms with Gasteiger partial charge in [0.1, 0.15) is 12.1 Å². The van der Waals surface area contributed by atoms with E-state index in [1.165, 1.54) is 0 Å². The van der Waals surface area contributed by atoms with Crippen molar-refractivity contribution in [2.24, 2.45) is 0 Å². The summed E-state index contributed by atoms with van der Waals surface area (Å²) in [5, 5.41) is 19.1. The summed E-state index contributed by atoms with van der Waals surface area (Å²) in [4.78, 5) is 31.4. The fourth-order valence-corrected chi connectivity index (χ4v) is 5.26. The van der Waals surface area contributed by atoms with Gasteiger partial charge in [0.05, 0.1) is 34.8 Å². The van der Waals surface area contributed by atoms with Gasteiger partial charge in [0.25, 0.3) is 0 Å². The molecule has 0 saturated heterocycles.